The Hall–Kier alpha value is -4.35. The molecule has 0 bridgehead atoms. The van der Waals surface area contributed by atoms with Crippen LogP contribution in [0.1, 0.15) is 12.8 Å². The topological polar surface area (TPSA) is 102 Å². The summed E-state index contributed by atoms with van der Waals surface area (Å²) in [6, 6.07) is 10.7. The number of methoxy groups -OCH3 is 1. The molecular formula is C29H28F3N5O3. The van der Waals surface area contributed by atoms with Crippen molar-refractivity contribution in [3.63, 3.8) is 0 Å². The predicted molar refractivity (Wildman–Crippen MR) is 148 cm³/mol. The molecule has 11 heteroatoms. The molecule has 2 amide bonds. The van der Waals surface area contributed by atoms with Crippen molar-refractivity contribution in [3.05, 3.63) is 72.2 Å². The Morgan fingerprint density at radius 2 is 1.73 bits per heavy atom. The molecule has 1 fully saturated rings. The van der Waals surface area contributed by atoms with Gasteiger partial charge in [0.25, 0.3) is 0 Å². The second kappa shape index (κ2) is 11.4. The summed E-state index contributed by atoms with van der Waals surface area (Å²) in [4.78, 5) is 23.5. The number of pyridine rings is 1. The molecule has 5 rings (SSSR count). The molecule has 4 aromatic rings. The highest BCUT2D eigenvalue weighted by Crippen LogP contribution is 2.41. The Morgan fingerprint density at radius 3 is 2.45 bits per heavy atom. The van der Waals surface area contributed by atoms with Crippen molar-refractivity contribution in [2.45, 2.75) is 18.9 Å². The summed E-state index contributed by atoms with van der Waals surface area (Å²) in [6.07, 6.45) is 3.20. The highest BCUT2D eigenvalue weighted by Gasteiger charge is 2.24. The zero-order valence-corrected chi connectivity index (χ0v) is 21.9. The number of hydroxylamine groups is 1. The minimum atomic E-state index is -0.953. The van der Waals surface area contributed by atoms with Crippen molar-refractivity contribution < 1.29 is 27.5 Å². The van der Waals surface area contributed by atoms with E-state index in [0.717, 1.165) is 24.6 Å². The number of fused-ring (bicyclic) bond motifs is 1. The van der Waals surface area contributed by atoms with E-state index in [1.807, 2.05) is 0 Å². The van der Waals surface area contributed by atoms with Gasteiger partial charge in [-0.1, -0.05) is 6.07 Å². The molecule has 40 heavy (non-hydrogen) atoms. The highest BCUT2D eigenvalue weighted by atomic mass is 19.1. The average Bonchev–Trinajstić information content (AvgIpc) is 2.93. The minimum absolute atomic E-state index is 0.0692. The molecule has 1 aromatic heterocycles. The molecule has 0 unspecified atom stereocenters. The quantitative estimate of drug-likeness (QED) is 0.270. The van der Waals surface area contributed by atoms with Gasteiger partial charge in [-0.05, 0) is 54.3 Å². The number of halogens is 3. The lowest BCUT2D eigenvalue weighted by atomic mass is 9.95. The summed E-state index contributed by atoms with van der Waals surface area (Å²) < 4.78 is 49.2. The molecule has 2 heterocycles. The van der Waals surface area contributed by atoms with Crippen LogP contribution in [0.15, 0.2) is 54.7 Å². The SMILES string of the molecule is CONC(=O)Nc1c(F)cc(F)cc1-c1ccc2ncc(-c3cc(F)cc(OC)c3)c(N3CCC(N)CC3)c2c1. The number of hydrogen-bond donors (Lipinski definition) is 3. The number of aromatic nitrogens is 1. The first kappa shape index (κ1) is 27.2. The third-order valence-corrected chi connectivity index (χ3v) is 6.91. The van der Waals surface area contributed by atoms with Gasteiger partial charge in [-0.15, -0.1) is 0 Å². The first-order valence-corrected chi connectivity index (χ1v) is 12.6. The van der Waals surface area contributed by atoms with Gasteiger partial charge in [-0.3, -0.25) is 9.82 Å². The number of nitrogens with one attached hydrogen (secondary N) is 2. The normalized spacial score (nSPS) is 13.9. The molecule has 0 atom stereocenters. The van der Waals surface area contributed by atoms with Gasteiger partial charge in [0.2, 0.25) is 0 Å². The molecule has 4 N–H and O–H groups in total. The Labute approximate surface area is 228 Å². The van der Waals surface area contributed by atoms with E-state index in [4.69, 9.17) is 10.5 Å². The fourth-order valence-electron chi connectivity index (χ4n) is 5.02. The molecule has 3 aromatic carbocycles. The smallest absolute Gasteiger partial charge is 0.343 e. The van der Waals surface area contributed by atoms with Crippen LogP contribution in [0.2, 0.25) is 0 Å². The molecule has 8 nitrogen and oxygen atoms in total. The summed E-state index contributed by atoms with van der Waals surface area (Å²) in [7, 11) is 2.70. The molecular weight excluding hydrogens is 523 g/mol. The number of benzene rings is 3. The first-order valence-electron chi connectivity index (χ1n) is 12.6. The summed E-state index contributed by atoms with van der Waals surface area (Å²) >= 11 is 0. The third-order valence-electron chi connectivity index (χ3n) is 6.91. The van der Waals surface area contributed by atoms with Gasteiger partial charge in [0.15, 0.2) is 0 Å². The summed E-state index contributed by atoms with van der Waals surface area (Å²) in [5.41, 5.74) is 11.2. The number of anilines is 2. The summed E-state index contributed by atoms with van der Waals surface area (Å²) in [6.45, 7) is 1.31. The number of hydrogen-bond acceptors (Lipinski definition) is 6. The number of piperidine rings is 1. The lowest BCUT2D eigenvalue weighted by Gasteiger charge is -2.34. The van der Waals surface area contributed by atoms with Crippen LogP contribution >= 0.6 is 0 Å². The Morgan fingerprint density at radius 1 is 0.975 bits per heavy atom. The van der Waals surface area contributed by atoms with Crippen molar-refractivity contribution in [2.75, 3.05) is 37.5 Å². The fraction of sp³-hybridized carbons (Fsp3) is 0.241. The van der Waals surface area contributed by atoms with Gasteiger partial charge in [0, 0.05) is 54.0 Å². The van der Waals surface area contributed by atoms with Crippen LogP contribution in [0.5, 0.6) is 5.75 Å². The average molecular weight is 552 g/mol. The van der Waals surface area contributed by atoms with Gasteiger partial charge >= 0.3 is 6.03 Å². The van der Waals surface area contributed by atoms with Crippen molar-refractivity contribution >= 4 is 28.3 Å². The van der Waals surface area contributed by atoms with Crippen molar-refractivity contribution in [1.29, 1.82) is 0 Å². The number of rotatable bonds is 6. The van der Waals surface area contributed by atoms with E-state index in [-0.39, 0.29) is 17.3 Å². The van der Waals surface area contributed by atoms with Crippen LogP contribution < -0.4 is 26.2 Å². The first-order chi connectivity index (χ1) is 19.3. The maximum atomic E-state index is 14.9. The van der Waals surface area contributed by atoms with E-state index >= 15 is 0 Å². The van der Waals surface area contributed by atoms with Crippen molar-refractivity contribution in [2.24, 2.45) is 5.73 Å². The largest absolute Gasteiger partial charge is 0.497 e. The number of carbonyl (C=O) groups excluding carboxylic acids is 1. The number of carbonyl (C=O) groups is 1. The number of nitrogens with zero attached hydrogens (tertiary/aromatic N) is 2. The Bertz CT molecular complexity index is 1570. The molecule has 1 aliphatic rings. The summed E-state index contributed by atoms with van der Waals surface area (Å²) in [5.74, 6) is -1.87. The van der Waals surface area contributed by atoms with Crippen LogP contribution in [0.25, 0.3) is 33.2 Å². The van der Waals surface area contributed by atoms with Gasteiger partial charge < -0.3 is 20.7 Å². The zero-order valence-electron chi connectivity index (χ0n) is 21.9. The van der Waals surface area contributed by atoms with Gasteiger partial charge in [-0.2, -0.15) is 0 Å². The Balaban J connectivity index is 1.73. The predicted octanol–water partition coefficient (Wildman–Crippen LogP) is 5.61. The number of amides is 2. The lowest BCUT2D eigenvalue weighted by molar-refractivity contribution is 0.114. The van der Waals surface area contributed by atoms with E-state index in [1.54, 1.807) is 30.5 Å². The minimum Gasteiger partial charge on any atom is -0.497 e. The second-order valence-electron chi connectivity index (χ2n) is 9.53. The van der Waals surface area contributed by atoms with E-state index < -0.39 is 23.5 Å². The van der Waals surface area contributed by atoms with E-state index in [1.165, 1.54) is 26.4 Å². The molecule has 0 spiro atoms. The number of nitrogens with two attached hydrogens (primary N) is 1. The maximum absolute atomic E-state index is 14.9. The van der Waals surface area contributed by atoms with E-state index in [2.05, 4.69) is 25.5 Å². The van der Waals surface area contributed by atoms with Gasteiger partial charge in [0.05, 0.1) is 31.1 Å². The number of urea groups is 1. The lowest BCUT2D eigenvalue weighted by Crippen LogP contribution is -2.40. The molecule has 0 saturated carbocycles. The van der Waals surface area contributed by atoms with Crippen LogP contribution in [0, 0.1) is 17.5 Å². The van der Waals surface area contributed by atoms with Crippen LogP contribution in [-0.4, -0.2) is 44.4 Å². The van der Waals surface area contributed by atoms with Crippen LogP contribution in [-0.2, 0) is 4.84 Å². The zero-order chi connectivity index (χ0) is 28.4. The standard InChI is InChI=1S/C29H28F3N5O3/c1-39-21-10-17(9-18(30)12-21)24-15-34-26-4-3-16(11-23(26)28(24)37-7-5-20(33)6-8-37)22-13-19(31)14-25(32)27(22)35-29(38)36-40-2/h3-4,9-15,20H,5-8,33H2,1-2H3,(H2,35,36,38). The van der Waals surface area contributed by atoms with E-state index in [9.17, 15) is 18.0 Å². The van der Waals surface area contributed by atoms with Crippen LogP contribution in [0.3, 0.4) is 0 Å². The fourth-order valence-corrected chi connectivity index (χ4v) is 5.02. The molecule has 0 aliphatic carbocycles. The Kier molecular flexibility index (Phi) is 7.76. The third kappa shape index (κ3) is 5.51. The molecule has 1 aliphatic heterocycles. The van der Waals surface area contributed by atoms with E-state index in [0.29, 0.717) is 52.5 Å². The molecule has 0 radical (unpaired) electrons. The molecule has 1 saturated heterocycles. The monoisotopic (exact) mass is 551 g/mol. The maximum Gasteiger partial charge on any atom is 0.343 e. The summed E-state index contributed by atoms with van der Waals surface area (Å²) in [5, 5.41) is 3.07. The second-order valence-corrected chi connectivity index (χ2v) is 9.53. The van der Waals surface area contributed by atoms with Crippen molar-refractivity contribution in [1.82, 2.24) is 10.5 Å². The van der Waals surface area contributed by atoms with Crippen LogP contribution in [0.4, 0.5) is 29.3 Å². The molecule has 208 valence electrons. The van der Waals surface area contributed by atoms with Gasteiger partial charge in [-0.25, -0.2) is 23.4 Å². The van der Waals surface area contributed by atoms with Gasteiger partial charge in [0.1, 0.15) is 23.2 Å². The van der Waals surface area contributed by atoms with Crippen molar-refractivity contribution in [3.8, 4) is 28.0 Å². The number of ether oxygens (including phenoxy) is 1. The highest BCUT2D eigenvalue weighted by molar-refractivity contribution is 6.03.